The van der Waals surface area contributed by atoms with Crippen molar-refractivity contribution >= 4 is 83.6 Å². The molecule has 0 unspecified atom stereocenters. The van der Waals surface area contributed by atoms with Crippen LogP contribution < -0.4 is 4.90 Å². The quantitative estimate of drug-likeness (QED) is 0.208. The van der Waals surface area contributed by atoms with Crippen molar-refractivity contribution in [1.82, 2.24) is 0 Å². The van der Waals surface area contributed by atoms with E-state index >= 15 is 0 Å². The van der Waals surface area contributed by atoms with Crippen molar-refractivity contribution in [2.45, 2.75) is 0 Å². The molecule has 2 heterocycles. The summed E-state index contributed by atoms with van der Waals surface area (Å²) in [5.41, 5.74) is 5.18. The van der Waals surface area contributed by atoms with E-state index in [1.54, 1.807) is 0 Å². The van der Waals surface area contributed by atoms with Gasteiger partial charge in [-0.1, -0.05) is 0 Å². The summed E-state index contributed by atoms with van der Waals surface area (Å²) in [6, 6.07) is 45.7. The van der Waals surface area contributed by atoms with Gasteiger partial charge in [-0.05, 0) is 0 Å². The summed E-state index contributed by atoms with van der Waals surface area (Å²) in [6.07, 6.45) is 0. The van der Waals surface area contributed by atoms with E-state index in [0.717, 1.165) is 39.0 Å². The number of fused-ring (bicyclic) bond motifs is 8. The van der Waals surface area contributed by atoms with E-state index in [4.69, 9.17) is 4.42 Å². The second-order valence-corrected chi connectivity index (χ2v) is 11.6. The molecule has 174 valence electrons. The average molecular weight is 539 g/mol. The summed E-state index contributed by atoms with van der Waals surface area (Å²) in [5, 5.41) is 7.72. The number of anilines is 3. The van der Waals surface area contributed by atoms with E-state index in [-0.39, 0.29) is 0 Å². The van der Waals surface area contributed by atoms with Gasteiger partial charge >= 0.3 is 220 Å². The van der Waals surface area contributed by atoms with Crippen LogP contribution in [0.3, 0.4) is 0 Å². The molecule has 6 aromatic carbocycles. The zero-order chi connectivity index (χ0) is 24.3. The molecule has 0 amide bonds. The predicted octanol–water partition coefficient (Wildman–Crippen LogP) is 9.57. The van der Waals surface area contributed by atoms with Crippen LogP contribution in [0.25, 0.3) is 52.0 Å². The Kier molecular flexibility index (Phi) is 4.57. The Balaban J connectivity index is 1.36. The fraction of sp³-hybridized carbons (Fsp3) is 0. The molecule has 3 heteroatoms. The van der Waals surface area contributed by atoms with Gasteiger partial charge in [-0.2, -0.15) is 0 Å². The molecular formula is C34H21NOSe. The fourth-order valence-corrected chi connectivity index (χ4v) is 8.07. The maximum atomic E-state index is 6.25. The summed E-state index contributed by atoms with van der Waals surface area (Å²) >= 11 is 0.300. The Labute approximate surface area is 219 Å². The number of nitrogens with zero attached hydrogens (tertiary/aromatic N) is 1. The van der Waals surface area contributed by atoms with E-state index in [2.05, 4.69) is 120 Å². The van der Waals surface area contributed by atoms with E-state index in [0.29, 0.717) is 14.5 Å². The summed E-state index contributed by atoms with van der Waals surface area (Å²) in [5.74, 6) is 0. The van der Waals surface area contributed by atoms with Crippen molar-refractivity contribution in [2.24, 2.45) is 0 Å². The molecule has 0 saturated heterocycles. The first kappa shape index (κ1) is 20.8. The first-order chi connectivity index (χ1) is 18.3. The van der Waals surface area contributed by atoms with Crippen molar-refractivity contribution in [1.29, 1.82) is 0 Å². The Morgan fingerprint density at radius 1 is 0.459 bits per heavy atom. The van der Waals surface area contributed by atoms with Crippen LogP contribution in [0.1, 0.15) is 0 Å². The van der Waals surface area contributed by atoms with Crippen molar-refractivity contribution in [3.8, 4) is 0 Å². The van der Waals surface area contributed by atoms with Gasteiger partial charge in [0.2, 0.25) is 0 Å². The maximum absolute atomic E-state index is 6.25. The number of benzene rings is 6. The standard InChI is InChI=1S/C34H21NOSe/c1-2-9-23(10-3-1)35(25-15-18-28-27-12-6-7-13-31(27)36-32(28)21-25)24-16-19-33-30(20-24)29-17-14-22-8-4-5-11-26(22)34(29)37-33/h1-21H. The molecule has 2 nitrogen and oxygen atoms in total. The van der Waals surface area contributed by atoms with Gasteiger partial charge in [0, 0.05) is 0 Å². The van der Waals surface area contributed by atoms with Gasteiger partial charge in [0.25, 0.3) is 0 Å². The fourth-order valence-electron chi connectivity index (χ4n) is 5.51. The molecule has 0 fully saturated rings. The van der Waals surface area contributed by atoms with Crippen LogP contribution in [-0.4, -0.2) is 14.5 Å². The third kappa shape index (κ3) is 3.25. The van der Waals surface area contributed by atoms with E-state index in [1.165, 1.54) is 30.1 Å². The van der Waals surface area contributed by atoms with Gasteiger partial charge < -0.3 is 0 Å². The van der Waals surface area contributed by atoms with Crippen LogP contribution in [0, 0.1) is 0 Å². The molecule has 0 spiro atoms. The average Bonchev–Trinajstić information content (AvgIpc) is 3.52. The SMILES string of the molecule is c1ccc(N(c2ccc3c(c2)oc2ccccc23)c2ccc3[se]c4c5ccccc5ccc4c3c2)cc1. The third-order valence-electron chi connectivity index (χ3n) is 7.24. The summed E-state index contributed by atoms with van der Waals surface area (Å²) in [7, 11) is 0. The molecule has 0 bridgehead atoms. The van der Waals surface area contributed by atoms with Crippen molar-refractivity contribution < 1.29 is 4.42 Å². The molecule has 0 atom stereocenters. The first-order valence-corrected chi connectivity index (χ1v) is 14.2. The molecule has 8 aromatic rings. The molecule has 8 rings (SSSR count). The zero-order valence-electron chi connectivity index (χ0n) is 19.9. The van der Waals surface area contributed by atoms with Gasteiger partial charge in [-0.3, -0.25) is 0 Å². The summed E-state index contributed by atoms with van der Waals surface area (Å²) in [6.45, 7) is 0. The minimum absolute atomic E-state index is 0.300. The normalized spacial score (nSPS) is 11.8. The second kappa shape index (κ2) is 8.11. The Hall–Kier alpha value is -4.30. The molecular weight excluding hydrogens is 517 g/mol. The number of rotatable bonds is 3. The van der Waals surface area contributed by atoms with Gasteiger partial charge in [-0.25, -0.2) is 0 Å². The molecule has 0 radical (unpaired) electrons. The summed E-state index contributed by atoms with van der Waals surface area (Å²) < 4.78 is 9.19. The predicted molar refractivity (Wildman–Crippen MR) is 158 cm³/mol. The molecule has 0 aliphatic carbocycles. The molecule has 0 aliphatic rings. The molecule has 0 N–H and O–H groups in total. The monoisotopic (exact) mass is 539 g/mol. The molecule has 2 aromatic heterocycles. The first-order valence-electron chi connectivity index (χ1n) is 12.4. The summed E-state index contributed by atoms with van der Waals surface area (Å²) in [4.78, 5) is 2.33. The number of hydrogen-bond acceptors (Lipinski definition) is 2. The zero-order valence-corrected chi connectivity index (χ0v) is 21.6. The van der Waals surface area contributed by atoms with Crippen molar-refractivity contribution in [3.63, 3.8) is 0 Å². The van der Waals surface area contributed by atoms with Gasteiger partial charge in [-0.15, -0.1) is 0 Å². The van der Waals surface area contributed by atoms with E-state index < -0.39 is 0 Å². The van der Waals surface area contributed by atoms with Crippen LogP contribution in [0.15, 0.2) is 132 Å². The minimum atomic E-state index is 0.300. The Morgan fingerprint density at radius 3 is 2.08 bits per heavy atom. The van der Waals surface area contributed by atoms with Gasteiger partial charge in [0.1, 0.15) is 0 Å². The van der Waals surface area contributed by atoms with Crippen LogP contribution >= 0.6 is 0 Å². The van der Waals surface area contributed by atoms with E-state index in [1.807, 2.05) is 12.1 Å². The van der Waals surface area contributed by atoms with Crippen molar-refractivity contribution in [3.05, 3.63) is 127 Å². The second-order valence-electron chi connectivity index (χ2n) is 9.40. The van der Waals surface area contributed by atoms with E-state index in [9.17, 15) is 0 Å². The number of furan rings is 1. The molecule has 37 heavy (non-hydrogen) atoms. The molecule has 0 aliphatic heterocycles. The third-order valence-corrected chi connectivity index (χ3v) is 9.80. The number of hydrogen-bond donors (Lipinski definition) is 0. The van der Waals surface area contributed by atoms with Crippen LogP contribution in [0.2, 0.25) is 0 Å². The van der Waals surface area contributed by atoms with Gasteiger partial charge in [0.15, 0.2) is 0 Å². The number of para-hydroxylation sites is 2. The van der Waals surface area contributed by atoms with Crippen LogP contribution in [-0.2, 0) is 0 Å². The Bertz CT molecular complexity index is 2100. The van der Waals surface area contributed by atoms with Gasteiger partial charge in [0.05, 0.1) is 0 Å². The van der Waals surface area contributed by atoms with Crippen LogP contribution in [0.5, 0.6) is 0 Å². The van der Waals surface area contributed by atoms with Crippen molar-refractivity contribution in [2.75, 3.05) is 4.90 Å². The van der Waals surface area contributed by atoms with Crippen LogP contribution in [0.4, 0.5) is 17.1 Å². The Morgan fingerprint density at radius 2 is 1.16 bits per heavy atom. The topological polar surface area (TPSA) is 16.4 Å². The molecule has 0 saturated carbocycles.